The quantitative estimate of drug-likeness (QED) is 0.563. The smallest absolute Gasteiger partial charge is 0.245 e. The Bertz CT molecular complexity index is 1440. The van der Waals surface area contributed by atoms with Crippen LogP contribution in [0.1, 0.15) is 13.3 Å². The predicted octanol–water partition coefficient (Wildman–Crippen LogP) is 2.83. The molecule has 1 spiro atoms. The Balaban J connectivity index is 1.38. The van der Waals surface area contributed by atoms with E-state index in [9.17, 15) is 22.0 Å². The van der Waals surface area contributed by atoms with E-state index in [1.807, 2.05) is 0 Å². The van der Waals surface area contributed by atoms with Crippen molar-refractivity contribution >= 4 is 38.5 Å². The van der Waals surface area contributed by atoms with E-state index in [1.165, 1.54) is 37.4 Å². The number of rotatable bonds is 4. The van der Waals surface area contributed by atoms with E-state index in [1.54, 1.807) is 4.90 Å². The van der Waals surface area contributed by atoms with Gasteiger partial charge in [-0.2, -0.15) is 4.31 Å². The molecule has 2 fully saturated rings. The number of carbonyl (C=O) groups excluding carboxylic acids is 1. The van der Waals surface area contributed by atoms with Crippen LogP contribution in [0.15, 0.2) is 47.5 Å². The number of anilines is 2. The Morgan fingerprint density at radius 2 is 1.83 bits per heavy atom. The molecule has 5 rings (SSSR count). The normalized spacial score (nSPS) is 22.9. The minimum atomic E-state index is -4.11. The molecule has 1 N–H and O–H groups in total. The number of hydrogen-bond donors (Lipinski definition) is 1. The fourth-order valence-electron chi connectivity index (χ4n) is 4.61. The van der Waals surface area contributed by atoms with Crippen LogP contribution in [0.4, 0.5) is 24.7 Å². The third-order valence-electron chi connectivity index (χ3n) is 6.34. The number of benzene rings is 2. The lowest BCUT2D eigenvalue weighted by Crippen LogP contribution is -2.62. The summed E-state index contributed by atoms with van der Waals surface area (Å²) in [7, 11) is -4.11. The predicted molar refractivity (Wildman–Crippen MR) is 125 cm³/mol. The van der Waals surface area contributed by atoms with Crippen LogP contribution in [-0.2, 0) is 19.6 Å². The van der Waals surface area contributed by atoms with E-state index in [2.05, 4.69) is 15.3 Å². The molecule has 0 aliphatic carbocycles. The van der Waals surface area contributed by atoms with Gasteiger partial charge < -0.3 is 15.0 Å². The van der Waals surface area contributed by atoms with Crippen molar-refractivity contribution in [3.63, 3.8) is 0 Å². The lowest BCUT2D eigenvalue weighted by atomic mass is 9.98. The number of nitrogens with one attached hydrogen (secondary N) is 1. The number of halogens is 3. The molecule has 36 heavy (non-hydrogen) atoms. The molecule has 13 heteroatoms. The molecule has 0 saturated carbocycles. The van der Waals surface area contributed by atoms with Crippen molar-refractivity contribution in [2.24, 2.45) is 0 Å². The highest BCUT2D eigenvalue weighted by Gasteiger charge is 2.57. The number of ether oxygens (including phenoxy) is 1. The number of alkyl halides is 1. The molecule has 2 aliphatic rings. The largest absolute Gasteiger partial charge is 0.355 e. The minimum absolute atomic E-state index is 0.00880. The lowest BCUT2D eigenvalue weighted by molar-refractivity contribution is -0.116. The van der Waals surface area contributed by atoms with Gasteiger partial charge in [-0.15, -0.1) is 0 Å². The van der Waals surface area contributed by atoms with Crippen molar-refractivity contribution in [1.82, 2.24) is 14.3 Å². The molecule has 2 aromatic carbocycles. The molecule has 0 unspecified atom stereocenters. The Hall–Kier alpha value is -3.29. The average Bonchev–Trinajstić information content (AvgIpc) is 3.27. The Morgan fingerprint density at radius 1 is 1.14 bits per heavy atom. The van der Waals surface area contributed by atoms with Crippen LogP contribution >= 0.6 is 0 Å². The van der Waals surface area contributed by atoms with E-state index in [4.69, 9.17) is 4.74 Å². The van der Waals surface area contributed by atoms with Crippen LogP contribution in [0.2, 0.25) is 0 Å². The number of hydrogen-bond acceptors (Lipinski definition) is 7. The maximum absolute atomic E-state index is 15.7. The summed E-state index contributed by atoms with van der Waals surface area (Å²) >= 11 is 0. The van der Waals surface area contributed by atoms with Crippen molar-refractivity contribution in [3.8, 4) is 0 Å². The topological polar surface area (TPSA) is 105 Å². The second-order valence-electron chi connectivity index (χ2n) is 8.62. The molecule has 2 aliphatic heterocycles. The van der Waals surface area contributed by atoms with Gasteiger partial charge in [0.15, 0.2) is 23.5 Å². The second kappa shape index (κ2) is 8.98. The molecule has 1 amide bonds. The Labute approximate surface area is 204 Å². The van der Waals surface area contributed by atoms with E-state index in [0.717, 1.165) is 16.4 Å². The van der Waals surface area contributed by atoms with Crippen LogP contribution in [0.25, 0.3) is 11.0 Å². The van der Waals surface area contributed by atoms with Crippen molar-refractivity contribution in [2.75, 3.05) is 36.5 Å². The van der Waals surface area contributed by atoms with Gasteiger partial charge in [0, 0.05) is 44.3 Å². The zero-order chi connectivity index (χ0) is 25.7. The first-order chi connectivity index (χ1) is 17.1. The molecule has 0 bridgehead atoms. The summed E-state index contributed by atoms with van der Waals surface area (Å²) in [6.07, 6.45) is -0.385. The van der Waals surface area contributed by atoms with Crippen molar-refractivity contribution in [2.45, 2.75) is 30.1 Å². The highest BCUT2D eigenvalue weighted by molar-refractivity contribution is 7.89. The third kappa shape index (κ3) is 4.16. The van der Waals surface area contributed by atoms with Gasteiger partial charge >= 0.3 is 0 Å². The molecular formula is C23H22F3N5O4S. The first kappa shape index (κ1) is 24.4. The van der Waals surface area contributed by atoms with Crippen molar-refractivity contribution < 1.29 is 31.1 Å². The van der Waals surface area contributed by atoms with Gasteiger partial charge in [-0.25, -0.2) is 26.6 Å². The van der Waals surface area contributed by atoms with Crippen molar-refractivity contribution in [1.29, 1.82) is 0 Å². The molecule has 3 heterocycles. The molecule has 190 valence electrons. The highest BCUT2D eigenvalue weighted by Crippen LogP contribution is 2.40. The number of sulfonamides is 1. The van der Waals surface area contributed by atoms with Gasteiger partial charge in [-0.05, 0) is 24.3 Å². The fourth-order valence-corrected chi connectivity index (χ4v) is 6.33. The summed E-state index contributed by atoms with van der Waals surface area (Å²) in [4.78, 5) is 21.1. The third-order valence-corrected chi connectivity index (χ3v) is 8.28. The zero-order valence-corrected chi connectivity index (χ0v) is 19.9. The van der Waals surface area contributed by atoms with Gasteiger partial charge in [0.05, 0.1) is 35.3 Å². The fraction of sp³-hybridized carbons (Fsp3) is 0.348. The lowest BCUT2D eigenvalue weighted by Gasteiger charge is -2.45. The van der Waals surface area contributed by atoms with Crippen LogP contribution in [-0.4, -0.2) is 66.7 Å². The number of aromatic nitrogens is 2. The summed E-state index contributed by atoms with van der Waals surface area (Å²) in [5.74, 6) is -2.15. The monoisotopic (exact) mass is 521 g/mol. The molecule has 3 aromatic rings. The second-order valence-corrected chi connectivity index (χ2v) is 10.5. The number of carbonyl (C=O) groups is 1. The maximum Gasteiger partial charge on any atom is 0.245 e. The number of amides is 1. The zero-order valence-electron chi connectivity index (χ0n) is 19.1. The summed E-state index contributed by atoms with van der Waals surface area (Å²) in [5.41, 5.74) is -0.981. The molecular weight excluding hydrogens is 499 g/mol. The van der Waals surface area contributed by atoms with Crippen molar-refractivity contribution in [3.05, 3.63) is 54.2 Å². The van der Waals surface area contributed by atoms with E-state index >= 15 is 4.39 Å². The van der Waals surface area contributed by atoms with Gasteiger partial charge in [0.25, 0.3) is 0 Å². The molecule has 1 aromatic heterocycles. The standard InChI is InChI=1S/C23H22F3N5O4S/c1-14(32)28-15-2-4-16(5-3-15)36(33,34)31-8-9-35-23(31)6-7-30(13-21(23)26)22-12-27-19-10-17(24)18(25)11-20(19)29-22/h2-5,10-12,21H,6-9,13H2,1H3,(H,28,32)/t21-,23+/m1/s1. The van der Waals surface area contributed by atoms with Gasteiger partial charge in [-0.1, -0.05) is 0 Å². The molecule has 0 radical (unpaired) electrons. The average molecular weight is 522 g/mol. The van der Waals surface area contributed by atoms with E-state index in [0.29, 0.717) is 5.69 Å². The summed E-state index contributed by atoms with van der Waals surface area (Å²) < 4.78 is 76.5. The van der Waals surface area contributed by atoms with Crippen LogP contribution < -0.4 is 10.2 Å². The number of nitrogens with zero attached hydrogens (tertiary/aromatic N) is 4. The highest BCUT2D eigenvalue weighted by atomic mass is 32.2. The molecule has 9 nitrogen and oxygen atoms in total. The minimum Gasteiger partial charge on any atom is -0.355 e. The van der Waals surface area contributed by atoms with Gasteiger partial charge in [0.2, 0.25) is 15.9 Å². The Kier molecular flexibility index (Phi) is 6.09. The van der Waals surface area contributed by atoms with E-state index in [-0.39, 0.29) is 60.3 Å². The first-order valence-corrected chi connectivity index (χ1v) is 12.6. The molecule has 2 atom stereocenters. The van der Waals surface area contributed by atoms with Gasteiger partial charge in [-0.3, -0.25) is 9.78 Å². The summed E-state index contributed by atoms with van der Waals surface area (Å²) in [6.45, 7) is 1.31. The number of piperidine rings is 1. The summed E-state index contributed by atoms with van der Waals surface area (Å²) in [5, 5.41) is 2.57. The first-order valence-electron chi connectivity index (χ1n) is 11.2. The SMILES string of the molecule is CC(=O)Nc1ccc(S(=O)(=O)N2CCO[C@]23CCN(c2cnc4cc(F)c(F)cc4n2)C[C@H]3F)cc1. The maximum atomic E-state index is 15.7. The van der Waals surface area contributed by atoms with Crippen LogP contribution in [0.5, 0.6) is 0 Å². The van der Waals surface area contributed by atoms with Crippen LogP contribution in [0.3, 0.4) is 0 Å². The molecule has 2 saturated heterocycles. The number of fused-ring (bicyclic) bond motifs is 1. The summed E-state index contributed by atoms with van der Waals surface area (Å²) in [6, 6.07) is 7.47. The van der Waals surface area contributed by atoms with Gasteiger partial charge in [0.1, 0.15) is 5.82 Å². The van der Waals surface area contributed by atoms with E-state index < -0.39 is 33.6 Å². The van der Waals surface area contributed by atoms with Crippen LogP contribution in [0, 0.1) is 11.6 Å². The Morgan fingerprint density at radius 3 is 2.50 bits per heavy atom.